The number of benzene rings is 2. The van der Waals surface area contributed by atoms with Crippen molar-refractivity contribution in [2.45, 2.75) is 0 Å². The maximum absolute atomic E-state index is 12.2. The second kappa shape index (κ2) is 7.00. The van der Waals surface area contributed by atoms with Gasteiger partial charge in [0.1, 0.15) is 5.69 Å². The summed E-state index contributed by atoms with van der Waals surface area (Å²) < 4.78 is 0. The molecule has 0 bridgehead atoms. The van der Waals surface area contributed by atoms with Gasteiger partial charge < -0.3 is 4.90 Å². The largest absolute Gasteiger partial charge is 0.378 e. The highest BCUT2D eigenvalue weighted by Crippen LogP contribution is 2.13. The fraction of sp³-hybridized carbons (Fsp3) is 0.105. The van der Waals surface area contributed by atoms with Gasteiger partial charge in [-0.3, -0.25) is 20.4 Å². The van der Waals surface area contributed by atoms with Crippen LogP contribution in [-0.4, -0.2) is 30.9 Å². The van der Waals surface area contributed by atoms with Gasteiger partial charge in [-0.25, -0.2) is 4.98 Å². The molecule has 0 spiro atoms. The second-order valence-corrected chi connectivity index (χ2v) is 5.74. The maximum atomic E-state index is 12.2. The van der Waals surface area contributed by atoms with E-state index < -0.39 is 5.91 Å². The molecule has 1 aromatic heterocycles. The third-order valence-electron chi connectivity index (χ3n) is 3.77. The highest BCUT2D eigenvalue weighted by molar-refractivity contribution is 5.99. The predicted molar refractivity (Wildman–Crippen MR) is 97.4 cm³/mol. The van der Waals surface area contributed by atoms with Gasteiger partial charge in [0.2, 0.25) is 0 Å². The van der Waals surface area contributed by atoms with E-state index in [1.165, 1.54) is 0 Å². The average Bonchev–Trinajstić information content (AvgIpc) is 2.65. The molecule has 3 aromatic rings. The highest BCUT2D eigenvalue weighted by atomic mass is 16.2. The number of anilines is 1. The van der Waals surface area contributed by atoms with Crippen LogP contribution in [-0.2, 0) is 0 Å². The van der Waals surface area contributed by atoms with Crippen LogP contribution in [0.5, 0.6) is 0 Å². The topological polar surface area (TPSA) is 74.3 Å². The van der Waals surface area contributed by atoms with Crippen LogP contribution in [0.2, 0.25) is 0 Å². The van der Waals surface area contributed by atoms with Crippen molar-refractivity contribution >= 4 is 28.4 Å². The van der Waals surface area contributed by atoms with Gasteiger partial charge in [-0.05, 0) is 36.4 Å². The van der Waals surface area contributed by atoms with Crippen molar-refractivity contribution in [1.82, 2.24) is 15.8 Å². The third-order valence-corrected chi connectivity index (χ3v) is 3.77. The van der Waals surface area contributed by atoms with Gasteiger partial charge in [0.15, 0.2) is 0 Å². The molecule has 0 saturated heterocycles. The number of aromatic nitrogens is 1. The first kappa shape index (κ1) is 16.4. The lowest BCUT2D eigenvalue weighted by molar-refractivity contribution is 0.0844. The number of carbonyl (C=O) groups is 2. The zero-order valence-electron chi connectivity index (χ0n) is 14.0. The quantitative estimate of drug-likeness (QED) is 0.721. The molecule has 6 nitrogen and oxygen atoms in total. The van der Waals surface area contributed by atoms with E-state index in [9.17, 15) is 9.59 Å². The Morgan fingerprint density at radius 2 is 1.52 bits per heavy atom. The molecule has 126 valence electrons. The van der Waals surface area contributed by atoms with Gasteiger partial charge in [-0.1, -0.05) is 24.3 Å². The molecule has 0 aliphatic rings. The van der Waals surface area contributed by atoms with E-state index in [4.69, 9.17) is 0 Å². The Hall–Kier alpha value is -3.41. The molecule has 0 radical (unpaired) electrons. The van der Waals surface area contributed by atoms with Crippen molar-refractivity contribution in [1.29, 1.82) is 0 Å². The normalized spacial score (nSPS) is 10.3. The number of hydrogen-bond donors (Lipinski definition) is 2. The molecule has 1 heterocycles. The zero-order valence-corrected chi connectivity index (χ0v) is 14.0. The molecule has 6 heteroatoms. The lowest BCUT2D eigenvalue weighted by atomic mass is 10.2. The SMILES string of the molecule is CN(C)c1ccc(C(=O)NNC(=O)c2ccc3ccccc3n2)cc1. The van der Waals surface area contributed by atoms with Gasteiger partial charge in [-0.2, -0.15) is 0 Å². The van der Waals surface area contributed by atoms with Gasteiger partial charge in [0, 0.05) is 30.7 Å². The van der Waals surface area contributed by atoms with Crippen LogP contribution >= 0.6 is 0 Å². The summed E-state index contributed by atoms with van der Waals surface area (Å²) in [6.07, 6.45) is 0. The van der Waals surface area contributed by atoms with Crippen LogP contribution in [0.15, 0.2) is 60.7 Å². The first-order valence-electron chi connectivity index (χ1n) is 7.78. The van der Waals surface area contributed by atoms with E-state index in [-0.39, 0.29) is 11.6 Å². The summed E-state index contributed by atoms with van der Waals surface area (Å²) in [6, 6.07) is 18.0. The molecule has 25 heavy (non-hydrogen) atoms. The van der Waals surface area contributed by atoms with Crippen LogP contribution in [0.1, 0.15) is 20.8 Å². The number of hydrazine groups is 1. The van der Waals surface area contributed by atoms with Gasteiger partial charge >= 0.3 is 0 Å². The molecule has 0 aliphatic carbocycles. The summed E-state index contributed by atoms with van der Waals surface area (Å²) in [7, 11) is 3.84. The van der Waals surface area contributed by atoms with E-state index in [0.29, 0.717) is 5.56 Å². The van der Waals surface area contributed by atoms with Crippen LogP contribution < -0.4 is 15.8 Å². The van der Waals surface area contributed by atoms with Crippen molar-refractivity contribution in [2.75, 3.05) is 19.0 Å². The third kappa shape index (κ3) is 3.74. The molecule has 0 aliphatic heterocycles. The Labute approximate surface area is 145 Å². The Balaban J connectivity index is 1.65. The van der Waals surface area contributed by atoms with Gasteiger partial charge in [0.05, 0.1) is 5.52 Å². The van der Waals surface area contributed by atoms with Crippen LogP contribution in [0.25, 0.3) is 10.9 Å². The molecule has 0 atom stereocenters. The highest BCUT2D eigenvalue weighted by Gasteiger charge is 2.11. The summed E-state index contributed by atoms with van der Waals surface area (Å²) in [5.41, 5.74) is 7.19. The van der Waals surface area contributed by atoms with Gasteiger partial charge in [0.25, 0.3) is 11.8 Å². The summed E-state index contributed by atoms with van der Waals surface area (Å²) in [4.78, 5) is 30.5. The number of pyridine rings is 1. The lowest BCUT2D eigenvalue weighted by Crippen LogP contribution is -2.41. The molecule has 2 amide bonds. The molecule has 0 unspecified atom stereocenters. The van der Waals surface area contributed by atoms with Crippen LogP contribution in [0, 0.1) is 0 Å². The van der Waals surface area contributed by atoms with Crippen molar-refractivity contribution in [2.24, 2.45) is 0 Å². The zero-order chi connectivity index (χ0) is 17.8. The molecular weight excluding hydrogens is 316 g/mol. The predicted octanol–water partition coefficient (Wildman–Crippen LogP) is 2.38. The summed E-state index contributed by atoms with van der Waals surface area (Å²) in [5.74, 6) is -0.858. The van der Waals surface area contributed by atoms with Crippen molar-refractivity contribution in [3.8, 4) is 0 Å². The minimum absolute atomic E-state index is 0.238. The lowest BCUT2D eigenvalue weighted by Gasteiger charge is -2.12. The van der Waals surface area contributed by atoms with Crippen LogP contribution in [0.4, 0.5) is 5.69 Å². The number of nitrogens with one attached hydrogen (secondary N) is 2. The second-order valence-electron chi connectivity index (χ2n) is 5.74. The standard InChI is InChI=1S/C19H18N4O2/c1-23(2)15-10-7-14(8-11-15)18(24)21-22-19(25)17-12-9-13-5-3-4-6-16(13)20-17/h3-12H,1-2H3,(H,21,24)(H,22,25). The molecule has 2 aromatic carbocycles. The van der Waals surface area contributed by atoms with E-state index in [1.807, 2.05) is 61.5 Å². The monoisotopic (exact) mass is 334 g/mol. The first-order valence-corrected chi connectivity index (χ1v) is 7.78. The Morgan fingerprint density at radius 1 is 0.840 bits per heavy atom. The molecule has 2 N–H and O–H groups in total. The Bertz CT molecular complexity index is 920. The molecule has 0 fully saturated rings. The summed E-state index contributed by atoms with van der Waals surface area (Å²) >= 11 is 0. The smallest absolute Gasteiger partial charge is 0.288 e. The Morgan fingerprint density at radius 3 is 2.24 bits per heavy atom. The van der Waals surface area contributed by atoms with Crippen LogP contribution in [0.3, 0.4) is 0 Å². The average molecular weight is 334 g/mol. The van der Waals surface area contributed by atoms with E-state index in [1.54, 1.807) is 18.2 Å². The number of nitrogens with zero attached hydrogens (tertiary/aromatic N) is 2. The van der Waals surface area contributed by atoms with E-state index in [2.05, 4.69) is 15.8 Å². The number of hydrogen-bond acceptors (Lipinski definition) is 4. The number of rotatable bonds is 3. The minimum Gasteiger partial charge on any atom is -0.378 e. The molecular formula is C19H18N4O2. The summed E-state index contributed by atoms with van der Waals surface area (Å²) in [6.45, 7) is 0. The number of fused-ring (bicyclic) bond motifs is 1. The number of amides is 2. The van der Waals surface area contributed by atoms with E-state index >= 15 is 0 Å². The van der Waals surface area contributed by atoms with Gasteiger partial charge in [-0.15, -0.1) is 0 Å². The first-order chi connectivity index (χ1) is 12.0. The van der Waals surface area contributed by atoms with Crippen molar-refractivity contribution in [3.63, 3.8) is 0 Å². The maximum Gasteiger partial charge on any atom is 0.288 e. The minimum atomic E-state index is -0.469. The summed E-state index contributed by atoms with van der Waals surface area (Å²) in [5, 5.41) is 0.948. The van der Waals surface area contributed by atoms with E-state index in [0.717, 1.165) is 16.6 Å². The molecule has 0 saturated carbocycles. The molecule has 3 rings (SSSR count). The Kier molecular flexibility index (Phi) is 4.61. The number of carbonyl (C=O) groups excluding carboxylic acids is 2. The van der Waals surface area contributed by atoms with Crippen molar-refractivity contribution in [3.05, 3.63) is 71.9 Å². The number of para-hydroxylation sites is 1. The fourth-order valence-electron chi connectivity index (χ4n) is 2.35. The van der Waals surface area contributed by atoms with Crippen molar-refractivity contribution < 1.29 is 9.59 Å². The fourth-order valence-corrected chi connectivity index (χ4v) is 2.35.